The lowest BCUT2D eigenvalue weighted by Gasteiger charge is -2.36. The number of rotatable bonds is 13. The first-order valence-electron chi connectivity index (χ1n) is 20.7. The number of amides is 3. The number of ether oxygens (including phenoxy) is 1. The molecule has 16 heteroatoms. The standard InChI is InChI=1S/C44H48N10O6/c1-3-18-53-42(58)34-26-45-43(49-39(34)54(53)36-14-6-28-16-17-44(59,4-2)38(28)47-36)46-30-7-9-31(10-8-30)51-22-20-50(21-23-51)19-5-24-60-32-11-12-33-29(25-32)27-52(41(33)57)35-13-15-37(55)48-40(35)56/h3,6-12,14,25-26,35,59H,1,4-5,13,15-24,27H2,2H3,(H,45,46,49)(H,48,55,56)/t35?,44-/m1/s1. The first-order chi connectivity index (χ1) is 29.1. The Morgan fingerprint density at radius 2 is 1.82 bits per heavy atom. The summed E-state index contributed by atoms with van der Waals surface area (Å²) in [7, 11) is 0. The third-order valence-electron chi connectivity index (χ3n) is 12.2. The Morgan fingerprint density at radius 3 is 2.58 bits per heavy atom. The number of carbonyl (C=O) groups excluding carboxylic acids is 3. The van der Waals surface area contributed by atoms with Crippen LogP contribution < -0.4 is 25.8 Å². The molecule has 2 aromatic carbocycles. The van der Waals surface area contributed by atoms with E-state index in [9.17, 15) is 24.3 Å². The Hall–Kier alpha value is -6.39. The lowest BCUT2D eigenvalue weighted by molar-refractivity contribution is -0.136. The Kier molecular flexibility index (Phi) is 10.4. The molecule has 2 saturated heterocycles. The van der Waals surface area contributed by atoms with Crippen molar-refractivity contribution >= 4 is 46.1 Å². The molecule has 0 spiro atoms. The van der Waals surface area contributed by atoms with E-state index in [0.29, 0.717) is 72.2 Å². The van der Waals surface area contributed by atoms with Crippen molar-refractivity contribution in [1.29, 1.82) is 0 Å². The fraction of sp³-hybridized carbons (Fsp3) is 0.386. The zero-order chi connectivity index (χ0) is 41.5. The molecule has 9 rings (SSSR count). The molecular weight excluding hydrogens is 765 g/mol. The van der Waals surface area contributed by atoms with E-state index in [1.54, 1.807) is 27.8 Å². The van der Waals surface area contributed by atoms with Gasteiger partial charge in [-0.2, -0.15) is 4.98 Å². The van der Waals surface area contributed by atoms with Gasteiger partial charge in [0.1, 0.15) is 22.8 Å². The summed E-state index contributed by atoms with van der Waals surface area (Å²) in [5.74, 6) is 0.625. The SMILES string of the molecule is C=CCn1c(=O)c2cnc(Nc3ccc(N4CCN(CCCOc5ccc6c(c5)CN(C5CCC(=O)NC5=O)C6=O)CC4)cc3)nc2n1-c1ccc2c(n1)[C@@](O)(CC)CC2. The molecule has 310 valence electrons. The van der Waals surface area contributed by atoms with E-state index in [4.69, 9.17) is 14.7 Å². The number of fused-ring (bicyclic) bond motifs is 3. The van der Waals surface area contributed by atoms with Crippen molar-refractivity contribution in [1.82, 2.24) is 39.4 Å². The van der Waals surface area contributed by atoms with Gasteiger partial charge in [0.15, 0.2) is 11.5 Å². The minimum Gasteiger partial charge on any atom is -0.494 e. The van der Waals surface area contributed by atoms with Gasteiger partial charge in [0.05, 0.1) is 18.8 Å². The molecule has 3 amide bonds. The molecule has 0 bridgehead atoms. The van der Waals surface area contributed by atoms with E-state index in [2.05, 4.69) is 44.1 Å². The molecule has 3 aromatic heterocycles. The lowest BCUT2D eigenvalue weighted by Crippen LogP contribution is -2.52. The molecule has 16 nitrogen and oxygen atoms in total. The van der Waals surface area contributed by atoms with Crippen LogP contribution in [-0.4, -0.2) is 102 Å². The summed E-state index contributed by atoms with van der Waals surface area (Å²) in [6.07, 6.45) is 6.53. The van der Waals surface area contributed by atoms with Gasteiger partial charge in [-0.1, -0.05) is 19.1 Å². The van der Waals surface area contributed by atoms with Gasteiger partial charge in [-0.05, 0) is 91.8 Å². The number of aryl methyl sites for hydroxylation is 1. The number of hydrogen-bond donors (Lipinski definition) is 3. The number of piperazine rings is 1. The number of nitrogens with one attached hydrogen (secondary N) is 2. The van der Waals surface area contributed by atoms with E-state index in [-0.39, 0.29) is 30.3 Å². The molecule has 60 heavy (non-hydrogen) atoms. The first-order valence-corrected chi connectivity index (χ1v) is 20.7. The number of imide groups is 1. The smallest absolute Gasteiger partial charge is 0.278 e. The van der Waals surface area contributed by atoms with Crippen LogP contribution in [0.15, 0.2) is 78.2 Å². The van der Waals surface area contributed by atoms with Crippen molar-refractivity contribution in [3.05, 3.63) is 106 Å². The van der Waals surface area contributed by atoms with Crippen LogP contribution in [0, 0.1) is 0 Å². The van der Waals surface area contributed by atoms with Gasteiger partial charge in [0.2, 0.25) is 17.8 Å². The molecule has 0 saturated carbocycles. The average Bonchev–Trinajstić information content (AvgIpc) is 3.87. The molecule has 2 atom stereocenters. The van der Waals surface area contributed by atoms with Crippen LogP contribution in [0.25, 0.3) is 16.9 Å². The number of carbonyl (C=O) groups is 3. The summed E-state index contributed by atoms with van der Waals surface area (Å²) in [5.41, 5.74) is 4.15. The highest BCUT2D eigenvalue weighted by molar-refractivity contribution is 6.05. The van der Waals surface area contributed by atoms with Crippen LogP contribution in [0.1, 0.15) is 66.2 Å². The third kappa shape index (κ3) is 7.30. The number of piperidine rings is 1. The van der Waals surface area contributed by atoms with Crippen molar-refractivity contribution in [3.63, 3.8) is 0 Å². The number of anilines is 3. The highest BCUT2D eigenvalue weighted by Gasteiger charge is 2.40. The Morgan fingerprint density at radius 1 is 1.00 bits per heavy atom. The van der Waals surface area contributed by atoms with Crippen LogP contribution >= 0.6 is 0 Å². The zero-order valence-corrected chi connectivity index (χ0v) is 33.6. The van der Waals surface area contributed by atoms with Crippen LogP contribution in [0.2, 0.25) is 0 Å². The third-order valence-corrected chi connectivity index (χ3v) is 12.2. The topological polar surface area (TPSA) is 180 Å². The zero-order valence-electron chi connectivity index (χ0n) is 33.6. The van der Waals surface area contributed by atoms with Gasteiger partial charge < -0.3 is 25.0 Å². The summed E-state index contributed by atoms with van der Waals surface area (Å²) in [6.45, 7) is 11.5. The summed E-state index contributed by atoms with van der Waals surface area (Å²) < 4.78 is 9.30. The maximum absolute atomic E-state index is 13.5. The molecular formula is C44H48N10O6. The van der Waals surface area contributed by atoms with E-state index < -0.39 is 17.6 Å². The van der Waals surface area contributed by atoms with Crippen LogP contribution in [-0.2, 0) is 34.7 Å². The first kappa shape index (κ1) is 39.1. The summed E-state index contributed by atoms with van der Waals surface area (Å²) in [4.78, 5) is 71.0. The highest BCUT2D eigenvalue weighted by atomic mass is 16.5. The molecule has 3 aliphatic heterocycles. The Balaban J connectivity index is 0.780. The number of nitrogens with zero attached hydrogens (tertiary/aromatic N) is 8. The predicted molar refractivity (Wildman–Crippen MR) is 225 cm³/mol. The minimum atomic E-state index is -1.000. The molecule has 4 aliphatic rings. The van der Waals surface area contributed by atoms with Gasteiger partial charge in [0, 0.05) is 68.8 Å². The van der Waals surface area contributed by atoms with Crippen molar-refractivity contribution in [2.45, 2.75) is 70.2 Å². The summed E-state index contributed by atoms with van der Waals surface area (Å²) in [5, 5.41) is 17.3. The second-order valence-corrected chi connectivity index (χ2v) is 15.9. The van der Waals surface area contributed by atoms with Gasteiger partial charge in [-0.15, -0.1) is 6.58 Å². The van der Waals surface area contributed by atoms with Crippen molar-refractivity contribution < 1.29 is 24.2 Å². The van der Waals surface area contributed by atoms with Gasteiger partial charge in [0.25, 0.3) is 11.5 Å². The van der Waals surface area contributed by atoms with Crippen LogP contribution in [0.4, 0.5) is 17.3 Å². The van der Waals surface area contributed by atoms with Gasteiger partial charge in [-0.25, -0.2) is 19.3 Å². The summed E-state index contributed by atoms with van der Waals surface area (Å²) in [6, 6.07) is 16.8. The molecule has 5 aromatic rings. The van der Waals surface area contributed by atoms with E-state index in [1.165, 1.54) is 10.9 Å². The number of aliphatic hydroxyl groups is 1. The number of hydrogen-bond acceptors (Lipinski definition) is 12. The minimum absolute atomic E-state index is 0.192. The second-order valence-electron chi connectivity index (χ2n) is 15.9. The number of pyridine rings is 1. The molecule has 3 N–H and O–H groups in total. The molecule has 0 radical (unpaired) electrons. The molecule has 6 heterocycles. The Bertz CT molecular complexity index is 2560. The van der Waals surface area contributed by atoms with Crippen molar-refractivity contribution in [2.24, 2.45) is 0 Å². The number of aromatic nitrogens is 5. The fourth-order valence-electron chi connectivity index (χ4n) is 8.85. The van der Waals surface area contributed by atoms with Crippen LogP contribution in [0.3, 0.4) is 0 Å². The molecule has 1 aliphatic carbocycles. The van der Waals surface area contributed by atoms with Crippen molar-refractivity contribution in [2.75, 3.05) is 49.5 Å². The Labute approximate surface area is 346 Å². The second kappa shape index (κ2) is 16.0. The fourth-order valence-corrected chi connectivity index (χ4v) is 8.85. The highest BCUT2D eigenvalue weighted by Crippen LogP contribution is 2.38. The quantitative estimate of drug-likeness (QED) is 0.0891. The molecule has 2 fully saturated rings. The number of benzene rings is 2. The van der Waals surface area contributed by atoms with Crippen LogP contribution in [0.5, 0.6) is 5.75 Å². The van der Waals surface area contributed by atoms with Gasteiger partial charge in [-0.3, -0.25) is 29.4 Å². The lowest BCUT2D eigenvalue weighted by atomic mass is 9.98. The van der Waals surface area contributed by atoms with E-state index >= 15 is 0 Å². The number of allylic oxidation sites excluding steroid dienone is 1. The average molecular weight is 813 g/mol. The maximum atomic E-state index is 13.5. The van der Waals surface area contributed by atoms with Crippen molar-refractivity contribution in [3.8, 4) is 11.6 Å². The summed E-state index contributed by atoms with van der Waals surface area (Å²) >= 11 is 0. The van der Waals surface area contributed by atoms with Gasteiger partial charge >= 0.3 is 0 Å². The normalized spacial score (nSPS) is 20.4. The maximum Gasteiger partial charge on any atom is 0.278 e. The monoisotopic (exact) mass is 812 g/mol. The van der Waals surface area contributed by atoms with E-state index in [1.807, 2.05) is 37.3 Å². The predicted octanol–water partition coefficient (Wildman–Crippen LogP) is 3.80. The molecule has 1 unspecified atom stereocenters. The largest absolute Gasteiger partial charge is 0.494 e. The van der Waals surface area contributed by atoms with E-state index in [0.717, 1.165) is 68.1 Å².